The molecule has 0 saturated carbocycles. The van der Waals surface area contributed by atoms with E-state index in [1.165, 1.54) is 11.3 Å². The third kappa shape index (κ3) is 3.07. The lowest BCUT2D eigenvalue weighted by atomic mass is 10.2. The van der Waals surface area contributed by atoms with Crippen molar-refractivity contribution < 1.29 is 4.42 Å². The first-order chi connectivity index (χ1) is 9.81. The van der Waals surface area contributed by atoms with E-state index in [-0.39, 0.29) is 0 Å². The molecule has 0 fully saturated rings. The quantitative estimate of drug-likeness (QED) is 0.570. The first-order valence-corrected chi connectivity index (χ1v) is 7.11. The number of halogens is 1. The van der Waals surface area contributed by atoms with Crippen molar-refractivity contribution in [3.05, 3.63) is 58.8 Å². The number of furan rings is 1. The Balaban J connectivity index is 1.69. The van der Waals surface area contributed by atoms with Gasteiger partial charge in [-0.2, -0.15) is 5.10 Å². The molecule has 1 aromatic carbocycles. The number of nitrogens with one attached hydrogen (secondary N) is 1. The Morgan fingerprint density at radius 1 is 1.25 bits per heavy atom. The summed E-state index contributed by atoms with van der Waals surface area (Å²) in [6.45, 7) is 0. The third-order valence-corrected chi connectivity index (χ3v) is 3.54. The zero-order valence-electron chi connectivity index (χ0n) is 10.3. The van der Waals surface area contributed by atoms with Crippen LogP contribution in [0.25, 0.3) is 11.3 Å². The molecular weight excluding hydrogens is 294 g/mol. The van der Waals surface area contributed by atoms with Crippen LogP contribution in [0, 0.1) is 0 Å². The number of benzene rings is 1. The second-order valence-corrected chi connectivity index (χ2v) is 5.22. The highest BCUT2D eigenvalue weighted by Gasteiger charge is 2.03. The second kappa shape index (κ2) is 5.90. The molecule has 0 saturated heterocycles. The van der Waals surface area contributed by atoms with Crippen LogP contribution in [0.2, 0.25) is 5.02 Å². The average Bonchev–Trinajstić information content (AvgIpc) is 3.11. The highest BCUT2D eigenvalue weighted by Crippen LogP contribution is 2.25. The highest BCUT2D eigenvalue weighted by molar-refractivity contribution is 7.14. The van der Waals surface area contributed by atoms with Crippen molar-refractivity contribution in [1.29, 1.82) is 0 Å². The van der Waals surface area contributed by atoms with E-state index in [1.54, 1.807) is 12.5 Å². The lowest BCUT2D eigenvalue weighted by Gasteiger charge is -1.96. The Labute approximate surface area is 124 Å². The van der Waals surface area contributed by atoms with Gasteiger partial charge in [0.15, 0.2) is 0 Å². The van der Waals surface area contributed by atoms with Crippen molar-refractivity contribution in [1.82, 2.24) is 4.98 Å². The normalized spacial score (nSPS) is 11.1. The van der Waals surface area contributed by atoms with Crippen molar-refractivity contribution in [2.45, 2.75) is 0 Å². The van der Waals surface area contributed by atoms with E-state index in [0.717, 1.165) is 16.4 Å². The topological polar surface area (TPSA) is 50.4 Å². The van der Waals surface area contributed by atoms with Crippen LogP contribution in [0.4, 0.5) is 5.13 Å². The van der Waals surface area contributed by atoms with Crippen LogP contribution in [-0.2, 0) is 0 Å². The molecule has 0 aliphatic carbocycles. The summed E-state index contributed by atoms with van der Waals surface area (Å²) in [5.41, 5.74) is 4.79. The highest BCUT2D eigenvalue weighted by atomic mass is 35.5. The smallest absolute Gasteiger partial charge is 0.203 e. The van der Waals surface area contributed by atoms with Gasteiger partial charge in [0.05, 0.1) is 18.2 Å². The van der Waals surface area contributed by atoms with Gasteiger partial charge in [-0.25, -0.2) is 4.98 Å². The van der Waals surface area contributed by atoms with Crippen LogP contribution in [0.3, 0.4) is 0 Å². The molecule has 1 N–H and O–H groups in total. The number of nitrogens with zero attached hydrogens (tertiary/aromatic N) is 2. The number of anilines is 1. The molecule has 100 valence electrons. The van der Waals surface area contributed by atoms with Crippen LogP contribution in [-0.4, -0.2) is 11.2 Å². The van der Waals surface area contributed by atoms with Crippen molar-refractivity contribution in [3.63, 3.8) is 0 Å². The zero-order chi connectivity index (χ0) is 13.8. The number of hydrazone groups is 1. The molecule has 0 radical (unpaired) electrons. The summed E-state index contributed by atoms with van der Waals surface area (Å²) in [6, 6.07) is 11.2. The van der Waals surface area contributed by atoms with E-state index < -0.39 is 0 Å². The van der Waals surface area contributed by atoms with Crippen molar-refractivity contribution >= 4 is 34.3 Å². The van der Waals surface area contributed by atoms with Gasteiger partial charge in [-0.3, -0.25) is 5.43 Å². The maximum absolute atomic E-state index is 5.86. The minimum Gasteiger partial charge on any atom is -0.463 e. The van der Waals surface area contributed by atoms with Crippen molar-refractivity contribution in [2.24, 2.45) is 5.10 Å². The molecule has 0 bridgehead atoms. The second-order valence-electron chi connectivity index (χ2n) is 3.93. The zero-order valence-corrected chi connectivity index (χ0v) is 11.9. The lowest BCUT2D eigenvalue weighted by Crippen LogP contribution is -1.89. The standard InChI is InChI=1S/C14H10ClN3OS/c15-11-5-3-10(4-6-11)13-9-20-14(17-13)18-16-8-12-2-1-7-19-12/h1-9H,(H,17,18)/b16-8+. The van der Waals surface area contributed by atoms with Gasteiger partial charge in [-0.1, -0.05) is 23.7 Å². The molecule has 0 amide bonds. The van der Waals surface area contributed by atoms with Gasteiger partial charge in [0.25, 0.3) is 0 Å². The summed E-state index contributed by atoms with van der Waals surface area (Å²) in [4.78, 5) is 4.45. The average molecular weight is 304 g/mol. The molecule has 3 aromatic rings. The molecule has 0 spiro atoms. The van der Waals surface area contributed by atoms with Gasteiger partial charge >= 0.3 is 0 Å². The van der Waals surface area contributed by atoms with Crippen LogP contribution in [0.5, 0.6) is 0 Å². The third-order valence-electron chi connectivity index (χ3n) is 2.54. The summed E-state index contributed by atoms with van der Waals surface area (Å²) in [5, 5.41) is 7.46. The van der Waals surface area contributed by atoms with Crippen molar-refractivity contribution in [3.8, 4) is 11.3 Å². The van der Waals surface area contributed by atoms with Gasteiger partial charge in [0.2, 0.25) is 5.13 Å². The van der Waals surface area contributed by atoms with Gasteiger partial charge in [-0.15, -0.1) is 11.3 Å². The Bertz CT molecular complexity index is 704. The molecule has 4 nitrogen and oxygen atoms in total. The Hall–Kier alpha value is -2.11. The van der Waals surface area contributed by atoms with E-state index in [0.29, 0.717) is 10.8 Å². The number of rotatable bonds is 4. The molecule has 2 aromatic heterocycles. The van der Waals surface area contributed by atoms with E-state index >= 15 is 0 Å². The molecule has 0 aliphatic heterocycles. The van der Waals surface area contributed by atoms with E-state index in [1.807, 2.05) is 41.8 Å². The fraction of sp³-hybridized carbons (Fsp3) is 0. The molecule has 2 heterocycles. The molecule has 3 rings (SSSR count). The Kier molecular flexibility index (Phi) is 3.80. The molecule has 20 heavy (non-hydrogen) atoms. The van der Waals surface area contributed by atoms with Crippen LogP contribution in [0.1, 0.15) is 5.76 Å². The molecule has 0 aliphatic rings. The minimum absolute atomic E-state index is 0.687. The summed E-state index contributed by atoms with van der Waals surface area (Å²) in [7, 11) is 0. The monoisotopic (exact) mass is 303 g/mol. The first-order valence-electron chi connectivity index (χ1n) is 5.85. The van der Waals surface area contributed by atoms with Gasteiger partial charge in [0.1, 0.15) is 5.76 Å². The first kappa shape index (κ1) is 12.9. The lowest BCUT2D eigenvalue weighted by molar-refractivity contribution is 0.560. The van der Waals surface area contributed by atoms with Crippen LogP contribution in [0.15, 0.2) is 57.6 Å². The number of aromatic nitrogens is 1. The number of hydrogen-bond donors (Lipinski definition) is 1. The summed E-state index contributed by atoms with van der Waals surface area (Å²) < 4.78 is 5.14. The van der Waals surface area contributed by atoms with Crippen LogP contribution >= 0.6 is 22.9 Å². The van der Waals surface area contributed by atoms with Crippen molar-refractivity contribution in [2.75, 3.05) is 5.43 Å². The van der Waals surface area contributed by atoms with E-state index in [4.69, 9.17) is 16.0 Å². The predicted octanol–water partition coefficient (Wildman–Crippen LogP) is 4.50. The minimum atomic E-state index is 0.687. The van der Waals surface area contributed by atoms with E-state index in [2.05, 4.69) is 15.5 Å². The molecule has 6 heteroatoms. The fourth-order valence-electron chi connectivity index (χ4n) is 1.59. The maximum atomic E-state index is 5.86. The molecular formula is C14H10ClN3OS. The molecule has 0 atom stereocenters. The predicted molar refractivity (Wildman–Crippen MR) is 82.5 cm³/mol. The number of hydrogen-bond acceptors (Lipinski definition) is 5. The Morgan fingerprint density at radius 2 is 2.10 bits per heavy atom. The van der Waals surface area contributed by atoms with Gasteiger partial charge < -0.3 is 4.42 Å². The fourth-order valence-corrected chi connectivity index (χ4v) is 2.39. The largest absolute Gasteiger partial charge is 0.463 e. The summed E-state index contributed by atoms with van der Waals surface area (Å²) in [5.74, 6) is 0.687. The Morgan fingerprint density at radius 3 is 2.85 bits per heavy atom. The van der Waals surface area contributed by atoms with Gasteiger partial charge in [-0.05, 0) is 24.3 Å². The molecule has 0 unspecified atom stereocenters. The summed E-state index contributed by atoms with van der Waals surface area (Å²) >= 11 is 7.35. The maximum Gasteiger partial charge on any atom is 0.203 e. The van der Waals surface area contributed by atoms with E-state index in [9.17, 15) is 0 Å². The number of thiazole rings is 1. The summed E-state index contributed by atoms with van der Waals surface area (Å²) in [6.07, 6.45) is 3.20. The SMILES string of the molecule is Clc1ccc(-c2csc(N/N=C/c3ccco3)n2)cc1. The van der Waals surface area contributed by atoms with Crippen LogP contribution < -0.4 is 5.43 Å². The van der Waals surface area contributed by atoms with Gasteiger partial charge in [0, 0.05) is 16.0 Å².